The molecule has 0 unspecified atom stereocenters. The van der Waals surface area contributed by atoms with Crippen LogP contribution in [0.5, 0.6) is 0 Å². The molecule has 0 spiro atoms. The Bertz CT molecular complexity index is 807. The molecule has 0 aliphatic rings. The van der Waals surface area contributed by atoms with E-state index in [0.717, 1.165) is 12.1 Å². The maximum atomic E-state index is 12.1. The van der Waals surface area contributed by atoms with Crippen molar-refractivity contribution >= 4 is 15.7 Å². The molecule has 1 aromatic heterocycles. The van der Waals surface area contributed by atoms with Gasteiger partial charge in [0.05, 0.1) is 9.82 Å². The van der Waals surface area contributed by atoms with Gasteiger partial charge < -0.3 is 4.57 Å². The molecule has 0 fully saturated rings. The van der Waals surface area contributed by atoms with E-state index in [1.807, 2.05) is 0 Å². The Morgan fingerprint density at radius 2 is 1.80 bits per heavy atom. The van der Waals surface area contributed by atoms with Crippen LogP contribution in [0.2, 0.25) is 0 Å². The second kappa shape index (κ2) is 5.25. The molecule has 104 valence electrons. The number of nitro groups is 1. The van der Waals surface area contributed by atoms with E-state index in [0.29, 0.717) is 0 Å². The Balaban J connectivity index is 2.49. The first kappa shape index (κ1) is 13.9. The van der Waals surface area contributed by atoms with Crippen LogP contribution >= 0.6 is 0 Å². The average Bonchev–Trinajstić information content (AvgIpc) is 2.41. The zero-order chi connectivity index (χ0) is 14.8. The zero-order valence-corrected chi connectivity index (χ0v) is 11.3. The molecule has 8 heteroatoms. The zero-order valence-electron chi connectivity index (χ0n) is 10.5. The van der Waals surface area contributed by atoms with E-state index in [4.69, 9.17) is 0 Å². The van der Waals surface area contributed by atoms with E-state index in [9.17, 15) is 18.5 Å². The van der Waals surface area contributed by atoms with Crippen molar-refractivity contribution < 1.29 is 13.3 Å². The Hall–Kier alpha value is -2.48. The van der Waals surface area contributed by atoms with Gasteiger partial charge in [-0.2, -0.15) is 8.42 Å². The molecule has 1 heterocycles. The van der Waals surface area contributed by atoms with Crippen LogP contribution in [0.25, 0.3) is 0 Å². The summed E-state index contributed by atoms with van der Waals surface area (Å²) in [5, 5.41) is 10.5. The first-order valence-corrected chi connectivity index (χ1v) is 7.01. The molecule has 0 atom stereocenters. The Morgan fingerprint density at radius 1 is 1.15 bits per heavy atom. The molecule has 0 saturated heterocycles. The number of benzene rings is 1. The summed E-state index contributed by atoms with van der Waals surface area (Å²) in [6.07, 6.45) is 1.67. The van der Waals surface area contributed by atoms with Gasteiger partial charge in [0.1, 0.15) is 5.49 Å². The molecule has 0 aliphatic heterocycles. The van der Waals surface area contributed by atoms with Crippen LogP contribution in [0.4, 0.5) is 5.69 Å². The summed E-state index contributed by atoms with van der Waals surface area (Å²) in [4.78, 5) is 9.84. The van der Waals surface area contributed by atoms with Gasteiger partial charge in [0.25, 0.3) is 15.7 Å². The van der Waals surface area contributed by atoms with E-state index < -0.39 is 14.9 Å². The van der Waals surface area contributed by atoms with Gasteiger partial charge in [-0.05, 0) is 24.3 Å². The summed E-state index contributed by atoms with van der Waals surface area (Å²) in [5.41, 5.74) is 0.0973. The number of aryl methyl sites for hydroxylation is 1. The van der Waals surface area contributed by atoms with Crippen molar-refractivity contribution in [2.45, 2.75) is 4.90 Å². The lowest BCUT2D eigenvalue weighted by molar-refractivity contribution is -0.384. The number of rotatable bonds is 3. The maximum Gasteiger partial charge on any atom is 0.284 e. The highest BCUT2D eigenvalue weighted by Crippen LogP contribution is 2.17. The quantitative estimate of drug-likeness (QED) is 0.628. The van der Waals surface area contributed by atoms with Crippen molar-refractivity contribution in [1.29, 1.82) is 0 Å². The highest BCUT2D eigenvalue weighted by molar-refractivity contribution is 7.90. The topological polar surface area (TPSA) is 94.6 Å². The summed E-state index contributed by atoms with van der Waals surface area (Å²) in [6, 6.07) is 9.57. The number of aromatic nitrogens is 1. The predicted molar refractivity (Wildman–Crippen MR) is 71.3 cm³/mol. The van der Waals surface area contributed by atoms with Crippen LogP contribution in [-0.4, -0.2) is 17.9 Å². The van der Waals surface area contributed by atoms with Crippen LogP contribution in [-0.2, 0) is 17.1 Å². The van der Waals surface area contributed by atoms with Crippen LogP contribution in [0.1, 0.15) is 0 Å². The standard InChI is InChI=1S/C12H11N3O4S/c1-14-9-3-2-4-12(14)13-20(18,19)11-7-5-10(6-8-11)15(16)17/h2-9H,1H3/b13-12-. The van der Waals surface area contributed by atoms with E-state index in [1.165, 1.54) is 12.1 Å². The number of pyridine rings is 1. The maximum absolute atomic E-state index is 12.1. The van der Waals surface area contributed by atoms with E-state index in [2.05, 4.69) is 4.40 Å². The van der Waals surface area contributed by atoms with Gasteiger partial charge in [0.2, 0.25) is 0 Å². The minimum atomic E-state index is -3.90. The van der Waals surface area contributed by atoms with Crippen LogP contribution in [0.15, 0.2) is 58.0 Å². The van der Waals surface area contributed by atoms with Crippen molar-refractivity contribution in [2.75, 3.05) is 0 Å². The lowest BCUT2D eigenvalue weighted by Crippen LogP contribution is -2.18. The van der Waals surface area contributed by atoms with Crippen molar-refractivity contribution in [1.82, 2.24) is 4.57 Å². The van der Waals surface area contributed by atoms with Gasteiger partial charge in [0.15, 0.2) is 0 Å². The number of nitro benzene ring substituents is 1. The fourth-order valence-electron chi connectivity index (χ4n) is 1.52. The van der Waals surface area contributed by atoms with Gasteiger partial charge in [-0.3, -0.25) is 10.1 Å². The fraction of sp³-hybridized carbons (Fsp3) is 0.0833. The van der Waals surface area contributed by atoms with Crippen molar-refractivity contribution in [2.24, 2.45) is 11.4 Å². The molecule has 7 nitrogen and oxygen atoms in total. The summed E-state index contributed by atoms with van der Waals surface area (Å²) < 4.78 is 29.4. The van der Waals surface area contributed by atoms with Crippen molar-refractivity contribution in [3.8, 4) is 0 Å². The molecule has 0 saturated carbocycles. The summed E-state index contributed by atoms with van der Waals surface area (Å²) in [6.45, 7) is 0. The van der Waals surface area contributed by atoms with E-state index in [-0.39, 0.29) is 16.1 Å². The number of non-ortho nitro benzene ring substituents is 1. The monoisotopic (exact) mass is 293 g/mol. The number of hydrogen-bond acceptors (Lipinski definition) is 4. The van der Waals surface area contributed by atoms with Crippen LogP contribution < -0.4 is 5.49 Å². The minimum Gasteiger partial charge on any atom is -0.335 e. The first-order chi connectivity index (χ1) is 9.40. The SMILES string of the molecule is Cn1cccc/c1=N/S(=O)(=O)c1ccc([N+](=O)[O-])cc1. The Morgan fingerprint density at radius 3 is 2.35 bits per heavy atom. The fourth-order valence-corrected chi connectivity index (χ4v) is 2.55. The molecule has 1 aromatic carbocycles. The molecule has 0 aliphatic carbocycles. The summed E-state index contributed by atoms with van der Waals surface area (Å²) >= 11 is 0. The predicted octanol–water partition coefficient (Wildman–Crippen LogP) is 1.22. The molecular formula is C12H11N3O4S. The normalized spacial score (nSPS) is 12.3. The molecule has 2 aromatic rings. The third-order valence-corrected chi connectivity index (χ3v) is 3.88. The van der Waals surface area contributed by atoms with E-state index in [1.54, 1.807) is 36.0 Å². The highest BCUT2D eigenvalue weighted by Gasteiger charge is 2.14. The van der Waals surface area contributed by atoms with E-state index >= 15 is 0 Å². The van der Waals surface area contributed by atoms with Crippen molar-refractivity contribution in [3.63, 3.8) is 0 Å². The largest absolute Gasteiger partial charge is 0.335 e. The summed E-state index contributed by atoms with van der Waals surface area (Å²) in [5.74, 6) is 0. The molecule has 0 bridgehead atoms. The van der Waals surface area contributed by atoms with Crippen molar-refractivity contribution in [3.05, 3.63) is 64.3 Å². The molecular weight excluding hydrogens is 282 g/mol. The average molecular weight is 293 g/mol. The molecule has 20 heavy (non-hydrogen) atoms. The third kappa shape index (κ3) is 2.91. The minimum absolute atomic E-state index is 0.0908. The summed E-state index contributed by atoms with van der Waals surface area (Å²) in [7, 11) is -2.23. The molecule has 0 amide bonds. The van der Waals surface area contributed by atoms with Gasteiger partial charge in [-0.15, -0.1) is 4.40 Å². The van der Waals surface area contributed by atoms with Gasteiger partial charge in [0, 0.05) is 25.4 Å². The Labute approximate surface area is 115 Å². The number of nitrogens with zero attached hydrogens (tertiary/aromatic N) is 3. The van der Waals surface area contributed by atoms with Gasteiger partial charge >= 0.3 is 0 Å². The van der Waals surface area contributed by atoms with Gasteiger partial charge in [-0.25, -0.2) is 0 Å². The third-order valence-electron chi connectivity index (χ3n) is 2.59. The van der Waals surface area contributed by atoms with Crippen LogP contribution in [0.3, 0.4) is 0 Å². The second-order valence-electron chi connectivity index (χ2n) is 3.99. The van der Waals surface area contributed by atoms with Gasteiger partial charge in [-0.1, -0.05) is 6.07 Å². The number of hydrogen-bond donors (Lipinski definition) is 0. The van der Waals surface area contributed by atoms with Crippen LogP contribution in [0, 0.1) is 10.1 Å². The first-order valence-electron chi connectivity index (χ1n) is 5.57. The molecule has 2 rings (SSSR count). The number of sulfonamides is 1. The Kier molecular flexibility index (Phi) is 3.66. The molecule has 0 N–H and O–H groups in total. The smallest absolute Gasteiger partial charge is 0.284 e. The molecule has 0 radical (unpaired) electrons. The lowest BCUT2D eigenvalue weighted by Gasteiger charge is -2.00. The highest BCUT2D eigenvalue weighted by atomic mass is 32.2. The lowest BCUT2D eigenvalue weighted by atomic mass is 10.3. The second-order valence-corrected chi connectivity index (χ2v) is 5.59.